The molecule has 3 aromatic heterocycles. The molecule has 7 rings (SSSR count). The molecule has 0 aliphatic rings. The zero-order valence-electron chi connectivity index (χ0n) is 31.4. The van der Waals surface area contributed by atoms with Gasteiger partial charge in [0.15, 0.2) is 0 Å². The van der Waals surface area contributed by atoms with E-state index in [9.17, 15) is 0 Å². The summed E-state index contributed by atoms with van der Waals surface area (Å²) in [4.78, 5) is 0. The fraction of sp³-hybridized carbons (Fsp3) is 0.571. The van der Waals surface area contributed by atoms with E-state index in [0.717, 1.165) is 112 Å². The second-order valence-electron chi connectivity index (χ2n) is 13.7. The van der Waals surface area contributed by atoms with Gasteiger partial charge in [0.1, 0.15) is 0 Å². The van der Waals surface area contributed by atoms with Gasteiger partial charge in [-0.3, -0.25) is 0 Å². The molecule has 51 heavy (non-hydrogen) atoms. The van der Waals surface area contributed by atoms with Crippen LogP contribution in [0, 0.1) is 0 Å². The molecule has 4 aromatic carbocycles. The molecule has 0 spiro atoms. The van der Waals surface area contributed by atoms with Gasteiger partial charge in [-0.25, -0.2) is 0 Å². The summed E-state index contributed by atoms with van der Waals surface area (Å²) in [7, 11) is 0. The van der Waals surface area contributed by atoms with Crippen LogP contribution in [0.1, 0.15) is 119 Å². The summed E-state index contributed by atoms with van der Waals surface area (Å²) in [5.41, 5.74) is 0. The van der Waals surface area contributed by atoms with Gasteiger partial charge in [-0.1, -0.05) is 0 Å². The quantitative estimate of drug-likeness (QED) is 0.0343. The molecular weight excluding hydrogens is 792 g/mol. The summed E-state index contributed by atoms with van der Waals surface area (Å²) in [5, 5.41) is 7.96. The first-order chi connectivity index (χ1) is 25.1. The van der Waals surface area contributed by atoms with Crippen LogP contribution in [0.25, 0.3) is 57.9 Å². The van der Waals surface area contributed by atoms with Crippen molar-refractivity contribution in [3.05, 3.63) is 0 Å². The number of thiophene rings is 2. The minimum atomic E-state index is -0.920. The van der Waals surface area contributed by atoms with Crippen molar-refractivity contribution in [1.29, 1.82) is 0 Å². The zero-order chi connectivity index (χ0) is 35.5. The molecule has 0 radical (unpaired) electrons. The van der Waals surface area contributed by atoms with Crippen LogP contribution in [0.3, 0.4) is 0 Å². The van der Waals surface area contributed by atoms with E-state index in [1.807, 2.05) is 22.7 Å². The van der Waals surface area contributed by atoms with Crippen molar-refractivity contribution in [3.8, 4) is 34.5 Å². The molecule has 6 nitrogen and oxygen atoms in total. The summed E-state index contributed by atoms with van der Waals surface area (Å²) in [6, 6.07) is 0. The Hall–Kier alpha value is -2.31. The zero-order valence-corrected chi connectivity index (χ0v) is 35.4. The van der Waals surface area contributed by atoms with Crippen LogP contribution in [-0.4, -0.2) is 60.1 Å². The van der Waals surface area contributed by atoms with E-state index in [1.54, 1.807) is 0 Å². The first-order valence-corrected chi connectivity index (χ1v) is 23.6. The number of ether oxygens (including phenoxy) is 6. The van der Waals surface area contributed by atoms with E-state index in [-0.39, 0.29) is 0 Å². The summed E-state index contributed by atoms with van der Waals surface area (Å²) in [6.45, 7) is 17.4. The van der Waals surface area contributed by atoms with E-state index in [4.69, 9.17) is 28.4 Å². The number of hydrogen-bond donors (Lipinski definition) is 0. The molecule has 0 saturated carbocycles. The summed E-state index contributed by atoms with van der Waals surface area (Å²) < 4.78 is 48.5. The van der Waals surface area contributed by atoms with E-state index in [0.29, 0.717) is 39.6 Å². The molecule has 0 aliphatic heterocycles. The van der Waals surface area contributed by atoms with Crippen molar-refractivity contribution in [2.75, 3.05) is 39.6 Å². The molecule has 0 amide bonds. The van der Waals surface area contributed by atoms with E-state index in [1.165, 1.54) is 57.9 Å². The average Bonchev–Trinajstić information content (AvgIpc) is 3.83. The van der Waals surface area contributed by atoms with Crippen LogP contribution in [0.5, 0.6) is 34.5 Å². The Balaban J connectivity index is 1.65. The number of unbranched alkanes of at least 4 members (excludes halogenated alkanes) is 6. The molecule has 0 saturated heterocycles. The topological polar surface area (TPSA) is 55.4 Å². The fourth-order valence-electron chi connectivity index (χ4n) is 7.00. The molecule has 7 aromatic rings. The first kappa shape index (κ1) is 37.0. The van der Waals surface area contributed by atoms with Crippen molar-refractivity contribution in [3.63, 3.8) is 0 Å². The first-order valence-electron chi connectivity index (χ1n) is 19.7. The Kier molecular flexibility index (Phi) is 12.2. The Morgan fingerprint density at radius 2 is 0.569 bits per heavy atom. The van der Waals surface area contributed by atoms with Crippen molar-refractivity contribution in [2.24, 2.45) is 0 Å². The Morgan fingerprint density at radius 3 is 0.843 bits per heavy atom. The molecule has 276 valence electrons. The van der Waals surface area contributed by atoms with E-state index >= 15 is 0 Å². The maximum atomic E-state index is 6.87. The number of hydrogen-bond acceptors (Lipinski definition) is 8. The van der Waals surface area contributed by atoms with Crippen molar-refractivity contribution in [1.82, 2.24) is 0 Å². The van der Waals surface area contributed by atoms with Crippen LogP contribution in [-0.2, 0) is 0 Å². The summed E-state index contributed by atoms with van der Waals surface area (Å²) >= 11 is 2.71. The van der Waals surface area contributed by atoms with Gasteiger partial charge in [-0.05, 0) is 0 Å². The summed E-state index contributed by atoms with van der Waals surface area (Å²) in [5.74, 6) is 5.57. The Bertz CT molecular complexity index is 1740. The van der Waals surface area contributed by atoms with Crippen LogP contribution >= 0.6 is 22.7 Å². The normalized spacial score (nSPS) is 12.4. The third kappa shape index (κ3) is 6.51. The van der Waals surface area contributed by atoms with Gasteiger partial charge in [-0.2, -0.15) is 0 Å². The molecule has 3 heterocycles. The van der Waals surface area contributed by atoms with Crippen LogP contribution in [0.2, 0.25) is 0 Å². The van der Waals surface area contributed by atoms with Gasteiger partial charge in [0.25, 0.3) is 0 Å². The van der Waals surface area contributed by atoms with Gasteiger partial charge in [-0.15, -0.1) is 0 Å². The van der Waals surface area contributed by atoms with Gasteiger partial charge >= 0.3 is 322 Å². The van der Waals surface area contributed by atoms with Crippen LogP contribution in [0.4, 0.5) is 0 Å². The maximum absolute atomic E-state index is 6.87. The van der Waals surface area contributed by atoms with Crippen molar-refractivity contribution < 1.29 is 28.4 Å². The van der Waals surface area contributed by atoms with E-state index < -0.39 is 20.4 Å². The van der Waals surface area contributed by atoms with Gasteiger partial charge in [0, 0.05) is 0 Å². The molecule has 0 bridgehead atoms. The van der Waals surface area contributed by atoms with Crippen LogP contribution in [0.15, 0.2) is 0 Å². The fourth-order valence-corrected chi connectivity index (χ4v) is 13.3. The van der Waals surface area contributed by atoms with Gasteiger partial charge < -0.3 is 0 Å². The number of benzene rings is 4. The predicted molar refractivity (Wildman–Crippen MR) is 220 cm³/mol. The Labute approximate surface area is 320 Å². The van der Waals surface area contributed by atoms with Gasteiger partial charge in [0.2, 0.25) is 0 Å². The molecule has 0 aliphatic carbocycles. The third-order valence-electron chi connectivity index (χ3n) is 9.80. The molecule has 0 fully saturated rings. The molecular formula is C42H54O6S2Te. The van der Waals surface area contributed by atoms with Crippen molar-refractivity contribution >= 4 is 101 Å². The third-order valence-corrected chi connectivity index (χ3v) is 15.6. The second-order valence-corrected chi connectivity index (χ2v) is 18.7. The summed E-state index contributed by atoms with van der Waals surface area (Å²) in [6.07, 6.45) is 12.5. The molecule has 9 heteroatoms. The molecule has 0 unspecified atom stereocenters. The van der Waals surface area contributed by atoms with Crippen molar-refractivity contribution in [2.45, 2.75) is 119 Å². The molecule has 0 atom stereocenters. The molecule has 0 N–H and O–H groups in total. The average molecular weight is 847 g/mol. The number of rotatable bonds is 24. The van der Waals surface area contributed by atoms with E-state index in [2.05, 4.69) is 41.5 Å². The van der Waals surface area contributed by atoms with Gasteiger partial charge in [0.05, 0.1) is 0 Å². The van der Waals surface area contributed by atoms with Crippen LogP contribution < -0.4 is 28.4 Å². The monoisotopic (exact) mass is 848 g/mol. The second kappa shape index (κ2) is 16.8. The predicted octanol–water partition coefficient (Wildman–Crippen LogP) is 13.2. The minimum absolute atomic E-state index is 0.659. The standard InChI is InChI=1S/C42H54O6S2Te/c1-7-13-19-43-31-32(44-20-14-8-2)38-26-25-27-29-30-28(26)40(50-38)34(46-22-16-10-4)36(48-24-18-12-6)42(30)51-41(29)35(47-23-17-11-5)33(45-21-15-9-3)39(27)49-37(25)31/h7-24H2,1-6H3. The SMILES string of the molecule is CCCCOc1c(OCCCC)c2sc3c(OCCCC)c(OCCCC)c4[te]c5c(OCCCC)c(OCCCC)c6sc1c1c2c3c4c5c61. The Morgan fingerprint density at radius 1 is 0.333 bits per heavy atom.